The van der Waals surface area contributed by atoms with Gasteiger partial charge in [-0.25, -0.2) is 0 Å². The molecule has 1 aliphatic rings. The van der Waals surface area contributed by atoms with Crippen LogP contribution < -0.4 is 4.90 Å². The Hall–Kier alpha value is -3.23. The van der Waals surface area contributed by atoms with E-state index >= 15 is 0 Å². The molecule has 0 spiro atoms. The fourth-order valence-corrected chi connectivity index (χ4v) is 5.66. The van der Waals surface area contributed by atoms with Crippen molar-refractivity contribution >= 4 is 23.1 Å². The topological polar surface area (TPSA) is 3.24 Å². The van der Waals surface area contributed by atoms with Crippen LogP contribution in [0.1, 0.15) is 22.3 Å². The monoisotopic (exact) mass is 419 g/mol. The summed E-state index contributed by atoms with van der Waals surface area (Å²) in [6.45, 7) is 2.14. The summed E-state index contributed by atoms with van der Waals surface area (Å²) in [5.74, 6) is 0. The standard InChI is InChI=1S/C29H25NS/c1-22-17-19-25(20-18-22)31-29(23-11-5-3-6-12-23)21-28(26-15-9-10-16-27(26)29)30(2)24-13-7-4-8-14-24/h3-21H,1-2H3. The number of benzene rings is 4. The number of nitrogens with zero attached hydrogens (tertiary/aromatic N) is 1. The summed E-state index contributed by atoms with van der Waals surface area (Å²) in [6, 6.07) is 39.2. The van der Waals surface area contributed by atoms with Gasteiger partial charge in [0.15, 0.2) is 0 Å². The Morgan fingerprint density at radius 2 is 1.29 bits per heavy atom. The Balaban J connectivity index is 1.71. The lowest BCUT2D eigenvalue weighted by Crippen LogP contribution is -2.19. The molecule has 0 saturated carbocycles. The van der Waals surface area contributed by atoms with Crippen molar-refractivity contribution in [1.29, 1.82) is 0 Å². The van der Waals surface area contributed by atoms with Gasteiger partial charge in [0, 0.05) is 28.9 Å². The molecule has 1 atom stereocenters. The predicted octanol–water partition coefficient (Wildman–Crippen LogP) is 7.52. The van der Waals surface area contributed by atoms with Gasteiger partial charge in [0.1, 0.15) is 0 Å². The van der Waals surface area contributed by atoms with Crippen LogP contribution in [0.25, 0.3) is 5.70 Å². The van der Waals surface area contributed by atoms with Gasteiger partial charge in [0.05, 0.1) is 4.75 Å². The van der Waals surface area contributed by atoms with Crippen molar-refractivity contribution in [2.24, 2.45) is 0 Å². The summed E-state index contributed by atoms with van der Waals surface area (Å²) < 4.78 is -0.286. The van der Waals surface area contributed by atoms with E-state index in [0.29, 0.717) is 0 Å². The molecule has 0 radical (unpaired) electrons. The smallest absolute Gasteiger partial charge is 0.0914 e. The molecular formula is C29H25NS. The van der Waals surface area contributed by atoms with Crippen LogP contribution in [0, 0.1) is 6.92 Å². The minimum atomic E-state index is -0.286. The zero-order valence-corrected chi connectivity index (χ0v) is 18.6. The predicted molar refractivity (Wildman–Crippen MR) is 134 cm³/mol. The van der Waals surface area contributed by atoms with Crippen molar-refractivity contribution in [3.8, 4) is 0 Å². The van der Waals surface area contributed by atoms with Crippen molar-refractivity contribution in [3.05, 3.63) is 138 Å². The lowest BCUT2D eigenvalue weighted by Gasteiger charge is -2.29. The van der Waals surface area contributed by atoms with E-state index in [2.05, 4.69) is 134 Å². The zero-order valence-electron chi connectivity index (χ0n) is 17.8. The Bertz CT molecular complexity index is 1210. The molecule has 1 unspecified atom stereocenters. The van der Waals surface area contributed by atoms with Crippen molar-refractivity contribution in [2.45, 2.75) is 16.6 Å². The first-order valence-corrected chi connectivity index (χ1v) is 11.4. The maximum absolute atomic E-state index is 2.45. The number of para-hydroxylation sites is 1. The fourth-order valence-electron chi connectivity index (χ4n) is 4.31. The van der Waals surface area contributed by atoms with Crippen LogP contribution in [-0.4, -0.2) is 7.05 Å². The second-order valence-electron chi connectivity index (χ2n) is 7.99. The minimum Gasteiger partial charge on any atom is -0.344 e. The van der Waals surface area contributed by atoms with Gasteiger partial charge in [0.2, 0.25) is 0 Å². The number of rotatable bonds is 5. The first-order chi connectivity index (χ1) is 15.2. The molecule has 4 aromatic rings. The average Bonchev–Trinajstić information content (AvgIpc) is 3.17. The van der Waals surface area contributed by atoms with Crippen LogP contribution in [0.3, 0.4) is 0 Å². The largest absolute Gasteiger partial charge is 0.344 e. The van der Waals surface area contributed by atoms with E-state index < -0.39 is 0 Å². The van der Waals surface area contributed by atoms with Crippen molar-refractivity contribution < 1.29 is 0 Å². The van der Waals surface area contributed by atoms with Crippen LogP contribution >= 0.6 is 11.8 Å². The number of aryl methyl sites for hydroxylation is 1. The van der Waals surface area contributed by atoms with Crippen LogP contribution in [-0.2, 0) is 4.75 Å². The molecule has 0 N–H and O–H groups in total. The third-order valence-corrected chi connectivity index (χ3v) is 7.35. The van der Waals surface area contributed by atoms with Gasteiger partial charge in [0.25, 0.3) is 0 Å². The van der Waals surface area contributed by atoms with Crippen LogP contribution in [0.5, 0.6) is 0 Å². The highest BCUT2D eigenvalue weighted by molar-refractivity contribution is 8.00. The summed E-state index contributed by atoms with van der Waals surface area (Å²) >= 11 is 1.92. The molecule has 1 nitrogen and oxygen atoms in total. The summed E-state index contributed by atoms with van der Waals surface area (Å²) in [7, 11) is 2.16. The van der Waals surface area contributed by atoms with Gasteiger partial charge in [-0.2, -0.15) is 0 Å². The zero-order chi connectivity index (χ0) is 21.3. The third kappa shape index (κ3) is 3.58. The SMILES string of the molecule is Cc1ccc(SC2(c3ccccc3)C=C(N(C)c3ccccc3)c3ccccc32)cc1. The molecule has 2 heteroatoms. The molecule has 0 heterocycles. The molecule has 0 aromatic heterocycles. The average molecular weight is 420 g/mol. The highest BCUT2D eigenvalue weighted by atomic mass is 32.2. The van der Waals surface area contributed by atoms with Crippen molar-refractivity contribution in [3.63, 3.8) is 0 Å². The lowest BCUT2D eigenvalue weighted by atomic mass is 9.92. The highest BCUT2D eigenvalue weighted by Gasteiger charge is 2.41. The molecule has 4 aromatic carbocycles. The molecule has 0 amide bonds. The molecule has 0 saturated heterocycles. The molecule has 0 bridgehead atoms. The molecule has 1 aliphatic carbocycles. The maximum Gasteiger partial charge on any atom is 0.0914 e. The summed E-state index contributed by atoms with van der Waals surface area (Å²) in [5, 5.41) is 0. The van der Waals surface area contributed by atoms with E-state index in [1.807, 2.05) is 11.8 Å². The quantitative estimate of drug-likeness (QED) is 0.329. The number of fused-ring (bicyclic) bond motifs is 1. The van der Waals surface area contributed by atoms with Crippen molar-refractivity contribution in [2.75, 3.05) is 11.9 Å². The molecule has 5 rings (SSSR count). The van der Waals surface area contributed by atoms with Crippen LogP contribution in [0.4, 0.5) is 5.69 Å². The second-order valence-corrected chi connectivity index (χ2v) is 9.31. The summed E-state index contributed by atoms with van der Waals surface area (Å²) in [6.07, 6.45) is 2.45. The van der Waals surface area contributed by atoms with Crippen LogP contribution in [0.2, 0.25) is 0 Å². The van der Waals surface area contributed by atoms with E-state index in [-0.39, 0.29) is 4.75 Å². The number of anilines is 1. The number of hydrogen-bond acceptors (Lipinski definition) is 2. The number of hydrogen-bond donors (Lipinski definition) is 0. The molecule has 152 valence electrons. The first-order valence-electron chi connectivity index (χ1n) is 10.6. The highest BCUT2D eigenvalue weighted by Crippen LogP contribution is 2.55. The Morgan fingerprint density at radius 1 is 0.677 bits per heavy atom. The first kappa shape index (κ1) is 19.7. The fraction of sp³-hybridized carbons (Fsp3) is 0.103. The van der Waals surface area contributed by atoms with Gasteiger partial charge < -0.3 is 4.90 Å². The van der Waals surface area contributed by atoms with Gasteiger partial charge in [-0.05, 0) is 48.4 Å². The molecule has 0 aliphatic heterocycles. The second kappa shape index (κ2) is 8.13. The van der Waals surface area contributed by atoms with E-state index in [1.54, 1.807) is 0 Å². The van der Waals surface area contributed by atoms with E-state index in [4.69, 9.17) is 0 Å². The van der Waals surface area contributed by atoms with Crippen LogP contribution in [0.15, 0.2) is 120 Å². The number of thioether (sulfide) groups is 1. The van der Waals surface area contributed by atoms with Crippen molar-refractivity contribution in [1.82, 2.24) is 0 Å². The van der Waals surface area contributed by atoms with Gasteiger partial charge in [-0.15, -0.1) is 11.8 Å². The van der Waals surface area contributed by atoms with E-state index in [0.717, 1.165) is 0 Å². The lowest BCUT2D eigenvalue weighted by molar-refractivity contribution is 0.957. The van der Waals surface area contributed by atoms with Gasteiger partial charge in [-0.1, -0.05) is 90.5 Å². The third-order valence-electron chi connectivity index (χ3n) is 5.95. The van der Waals surface area contributed by atoms with Gasteiger partial charge >= 0.3 is 0 Å². The molecule has 31 heavy (non-hydrogen) atoms. The minimum absolute atomic E-state index is 0.286. The Morgan fingerprint density at radius 3 is 2.00 bits per heavy atom. The molecule has 0 fully saturated rings. The summed E-state index contributed by atoms with van der Waals surface area (Å²) in [5.41, 5.74) is 7.63. The Kier molecular flexibility index (Phi) is 5.17. The normalized spacial score (nSPS) is 17.2. The summed E-state index contributed by atoms with van der Waals surface area (Å²) in [4.78, 5) is 3.57. The van der Waals surface area contributed by atoms with Gasteiger partial charge in [-0.3, -0.25) is 0 Å². The Labute approximate surface area is 189 Å². The molecular weight excluding hydrogens is 394 g/mol. The van der Waals surface area contributed by atoms with E-state index in [1.165, 1.54) is 38.5 Å². The maximum atomic E-state index is 2.45. The van der Waals surface area contributed by atoms with E-state index in [9.17, 15) is 0 Å².